The molecule has 5 nitrogen and oxygen atoms in total. The second-order valence-corrected chi connectivity index (χ2v) is 4.02. The number of hydrogen-bond donors (Lipinski definition) is 2. The van der Waals surface area contributed by atoms with Gasteiger partial charge in [0.1, 0.15) is 11.6 Å². The second-order valence-electron chi connectivity index (χ2n) is 4.02. The van der Waals surface area contributed by atoms with Crippen molar-refractivity contribution in [3.63, 3.8) is 0 Å². The highest BCUT2D eigenvalue weighted by Crippen LogP contribution is 2.15. The predicted molar refractivity (Wildman–Crippen MR) is 67.2 cm³/mol. The zero-order chi connectivity index (χ0) is 13.0. The van der Waals surface area contributed by atoms with Gasteiger partial charge in [0, 0.05) is 18.8 Å². The van der Waals surface area contributed by atoms with E-state index >= 15 is 0 Å². The third-order valence-corrected chi connectivity index (χ3v) is 2.87. The minimum Gasteiger partial charge on any atom is -0.469 e. The molecule has 0 radical (unpaired) electrons. The van der Waals surface area contributed by atoms with E-state index in [1.165, 1.54) is 0 Å². The van der Waals surface area contributed by atoms with Gasteiger partial charge in [-0.05, 0) is 12.5 Å². The van der Waals surface area contributed by atoms with Crippen LogP contribution in [0.3, 0.4) is 0 Å². The zero-order valence-corrected chi connectivity index (χ0v) is 10.6. The molecule has 0 aromatic carbocycles. The Morgan fingerprint density at radius 2 is 2.39 bits per heavy atom. The summed E-state index contributed by atoms with van der Waals surface area (Å²) in [4.78, 5) is 19.3. The topological polar surface area (TPSA) is 70.9 Å². The average molecular weight is 247 g/mol. The van der Waals surface area contributed by atoms with Gasteiger partial charge >= 0.3 is 0 Å². The molecule has 1 amide bonds. The smallest absolute Gasteiger partial charge is 0.255 e. The van der Waals surface area contributed by atoms with Crippen LogP contribution in [-0.4, -0.2) is 15.9 Å². The molecular formula is C13H17N3O2. The van der Waals surface area contributed by atoms with Crippen molar-refractivity contribution in [2.45, 2.75) is 32.7 Å². The lowest BCUT2D eigenvalue weighted by Gasteiger charge is -2.14. The molecule has 0 fully saturated rings. The predicted octanol–water partition coefficient (Wildman–Crippen LogP) is 2.45. The van der Waals surface area contributed by atoms with Crippen LogP contribution in [0.15, 0.2) is 29.1 Å². The van der Waals surface area contributed by atoms with Crippen LogP contribution >= 0.6 is 0 Å². The van der Waals surface area contributed by atoms with Gasteiger partial charge in [0.15, 0.2) is 0 Å². The zero-order valence-electron chi connectivity index (χ0n) is 10.6. The molecule has 0 spiro atoms. The summed E-state index contributed by atoms with van der Waals surface area (Å²) >= 11 is 0. The van der Waals surface area contributed by atoms with Crippen LogP contribution in [0.4, 0.5) is 0 Å². The molecule has 0 saturated heterocycles. The van der Waals surface area contributed by atoms with Crippen molar-refractivity contribution < 1.29 is 9.21 Å². The number of carbonyl (C=O) groups excluding carboxylic acids is 1. The first-order valence-corrected chi connectivity index (χ1v) is 6.12. The van der Waals surface area contributed by atoms with E-state index in [4.69, 9.17) is 4.42 Å². The molecule has 0 aliphatic heterocycles. The molecule has 0 aliphatic carbocycles. The number of furan rings is 1. The number of H-pyrrole nitrogens is 1. The first-order chi connectivity index (χ1) is 8.76. The van der Waals surface area contributed by atoms with Gasteiger partial charge in [-0.3, -0.25) is 4.79 Å². The number of nitrogens with one attached hydrogen (secondary N) is 2. The minimum atomic E-state index is -0.121. The summed E-state index contributed by atoms with van der Waals surface area (Å²) in [5.41, 5.74) is 0.600. The van der Waals surface area contributed by atoms with Gasteiger partial charge < -0.3 is 14.7 Å². The van der Waals surface area contributed by atoms with E-state index in [9.17, 15) is 4.79 Å². The molecule has 2 N–H and O–H groups in total. The molecule has 1 unspecified atom stereocenters. The number of carbonyl (C=O) groups is 1. The highest BCUT2D eigenvalue weighted by atomic mass is 16.3. The molecule has 0 aliphatic rings. The first kappa shape index (κ1) is 12.4. The van der Waals surface area contributed by atoms with Gasteiger partial charge in [0.25, 0.3) is 5.91 Å². The van der Waals surface area contributed by atoms with Crippen molar-refractivity contribution in [3.8, 4) is 0 Å². The van der Waals surface area contributed by atoms with Crippen LogP contribution in [0.5, 0.6) is 0 Å². The number of aryl methyl sites for hydroxylation is 1. The monoisotopic (exact) mass is 247 g/mol. The van der Waals surface area contributed by atoms with Gasteiger partial charge in [0.2, 0.25) is 0 Å². The lowest BCUT2D eigenvalue weighted by Crippen LogP contribution is -2.29. The molecule has 2 heterocycles. The Morgan fingerprint density at radius 1 is 1.56 bits per heavy atom. The molecule has 96 valence electrons. The van der Waals surface area contributed by atoms with Gasteiger partial charge in [-0.1, -0.05) is 13.8 Å². The third kappa shape index (κ3) is 2.45. The summed E-state index contributed by atoms with van der Waals surface area (Å²) in [6.07, 6.45) is 6.45. The normalized spacial score (nSPS) is 12.3. The Morgan fingerprint density at radius 3 is 3.00 bits per heavy atom. The average Bonchev–Trinajstić information content (AvgIpc) is 3.05. The van der Waals surface area contributed by atoms with E-state index in [2.05, 4.69) is 15.3 Å². The van der Waals surface area contributed by atoms with E-state index in [-0.39, 0.29) is 11.9 Å². The number of nitrogens with zero attached hydrogens (tertiary/aromatic N) is 1. The van der Waals surface area contributed by atoms with Crippen molar-refractivity contribution in [3.05, 3.63) is 41.9 Å². The fraction of sp³-hybridized carbons (Fsp3) is 0.385. The summed E-state index contributed by atoms with van der Waals surface area (Å²) in [6, 6.07) is 1.59. The highest BCUT2D eigenvalue weighted by Gasteiger charge is 2.19. The quantitative estimate of drug-likeness (QED) is 0.852. The van der Waals surface area contributed by atoms with Gasteiger partial charge in [-0.25, -0.2) is 4.98 Å². The SMILES string of the molecule is CCc1occc1C(=O)NC(CC)c1ncc[nH]1. The molecule has 2 rings (SSSR count). The first-order valence-electron chi connectivity index (χ1n) is 6.12. The molecular weight excluding hydrogens is 230 g/mol. The van der Waals surface area contributed by atoms with Gasteiger partial charge in [-0.2, -0.15) is 0 Å². The largest absolute Gasteiger partial charge is 0.469 e. The summed E-state index contributed by atoms with van der Waals surface area (Å²) in [5.74, 6) is 1.36. The summed E-state index contributed by atoms with van der Waals surface area (Å²) in [7, 11) is 0. The molecule has 0 bridgehead atoms. The molecule has 2 aromatic heterocycles. The van der Waals surface area contributed by atoms with Gasteiger partial charge in [-0.15, -0.1) is 0 Å². The van der Waals surface area contributed by atoms with Crippen LogP contribution in [0.25, 0.3) is 0 Å². The number of aromatic amines is 1. The van der Waals surface area contributed by atoms with Crippen LogP contribution in [-0.2, 0) is 6.42 Å². The van der Waals surface area contributed by atoms with E-state index in [1.807, 2.05) is 13.8 Å². The van der Waals surface area contributed by atoms with Crippen molar-refractivity contribution in [2.24, 2.45) is 0 Å². The second kappa shape index (κ2) is 5.53. The van der Waals surface area contributed by atoms with Crippen LogP contribution in [0.1, 0.15) is 48.3 Å². The summed E-state index contributed by atoms with van der Waals surface area (Å²) < 4.78 is 5.26. The molecule has 2 aromatic rings. The Kier molecular flexibility index (Phi) is 3.82. The van der Waals surface area contributed by atoms with Crippen molar-refractivity contribution in [2.75, 3.05) is 0 Å². The Labute approximate surface area is 106 Å². The van der Waals surface area contributed by atoms with E-state index in [1.54, 1.807) is 24.7 Å². The standard InChI is InChI=1S/C13H17N3O2/c1-3-10(12-14-6-7-15-12)16-13(17)9-5-8-18-11(9)4-2/h5-8,10H,3-4H2,1-2H3,(H,14,15)(H,16,17). The molecule has 1 atom stereocenters. The fourth-order valence-corrected chi connectivity index (χ4v) is 1.88. The van der Waals surface area contributed by atoms with Crippen LogP contribution < -0.4 is 5.32 Å². The minimum absolute atomic E-state index is 0.105. The van der Waals surface area contributed by atoms with E-state index in [0.29, 0.717) is 17.7 Å². The van der Waals surface area contributed by atoms with Crippen LogP contribution in [0.2, 0.25) is 0 Å². The number of aromatic nitrogens is 2. The third-order valence-electron chi connectivity index (χ3n) is 2.87. The maximum absolute atomic E-state index is 12.1. The summed E-state index contributed by atoms with van der Waals surface area (Å²) in [6.45, 7) is 3.96. The molecule has 0 saturated carbocycles. The Bertz CT molecular complexity index is 502. The van der Waals surface area contributed by atoms with E-state index in [0.717, 1.165) is 12.2 Å². The van der Waals surface area contributed by atoms with Crippen molar-refractivity contribution in [1.29, 1.82) is 0 Å². The van der Waals surface area contributed by atoms with Crippen molar-refractivity contribution >= 4 is 5.91 Å². The Hall–Kier alpha value is -2.04. The number of rotatable bonds is 5. The highest BCUT2D eigenvalue weighted by molar-refractivity contribution is 5.95. The fourth-order valence-electron chi connectivity index (χ4n) is 1.88. The number of amides is 1. The number of hydrogen-bond acceptors (Lipinski definition) is 3. The lowest BCUT2D eigenvalue weighted by atomic mass is 10.1. The maximum Gasteiger partial charge on any atom is 0.255 e. The van der Waals surface area contributed by atoms with Gasteiger partial charge in [0.05, 0.1) is 17.9 Å². The Balaban J connectivity index is 2.11. The molecule has 5 heteroatoms. The number of imidazole rings is 1. The van der Waals surface area contributed by atoms with Crippen LogP contribution in [0, 0.1) is 0 Å². The molecule has 18 heavy (non-hydrogen) atoms. The van der Waals surface area contributed by atoms with E-state index < -0.39 is 0 Å². The maximum atomic E-state index is 12.1. The summed E-state index contributed by atoms with van der Waals surface area (Å²) in [5, 5.41) is 2.95. The lowest BCUT2D eigenvalue weighted by molar-refractivity contribution is 0.0932. The van der Waals surface area contributed by atoms with Crippen molar-refractivity contribution in [1.82, 2.24) is 15.3 Å².